The van der Waals surface area contributed by atoms with E-state index in [0.29, 0.717) is 12.1 Å². The Hall–Kier alpha value is -0.570. The Morgan fingerprint density at radius 1 is 1.21 bits per heavy atom. The highest BCUT2D eigenvalue weighted by Gasteiger charge is 2.21. The van der Waals surface area contributed by atoms with E-state index in [1.54, 1.807) is 0 Å². The third-order valence-electron chi connectivity index (χ3n) is 3.61. The highest BCUT2D eigenvalue weighted by Crippen LogP contribution is 2.28. The molecule has 1 unspecified atom stereocenters. The van der Waals surface area contributed by atoms with E-state index in [-0.39, 0.29) is 6.10 Å². The summed E-state index contributed by atoms with van der Waals surface area (Å²) in [5.41, 5.74) is 1.21. The fourth-order valence-corrected chi connectivity index (χ4v) is 2.65. The summed E-state index contributed by atoms with van der Waals surface area (Å²) in [6, 6.07) is 8.50. The van der Waals surface area contributed by atoms with Gasteiger partial charge >= 0.3 is 0 Å². The summed E-state index contributed by atoms with van der Waals surface area (Å²) in [7, 11) is 0. The third kappa shape index (κ3) is 4.79. The van der Waals surface area contributed by atoms with Crippen molar-refractivity contribution in [2.75, 3.05) is 6.54 Å². The van der Waals surface area contributed by atoms with E-state index in [4.69, 9.17) is 16.3 Å². The van der Waals surface area contributed by atoms with E-state index in [2.05, 4.69) is 31.3 Å². The van der Waals surface area contributed by atoms with E-state index in [9.17, 15) is 0 Å². The van der Waals surface area contributed by atoms with Gasteiger partial charge in [-0.15, -0.1) is 0 Å². The van der Waals surface area contributed by atoms with Gasteiger partial charge in [0, 0.05) is 17.6 Å². The van der Waals surface area contributed by atoms with Crippen LogP contribution in [0.15, 0.2) is 24.3 Å². The molecule has 0 bridgehead atoms. The first-order valence-electron chi connectivity index (χ1n) is 7.29. The summed E-state index contributed by atoms with van der Waals surface area (Å²) >= 11 is 5.96. The van der Waals surface area contributed by atoms with Crippen LogP contribution in [0.3, 0.4) is 0 Å². The van der Waals surface area contributed by atoms with E-state index < -0.39 is 0 Å². The molecule has 106 valence electrons. The van der Waals surface area contributed by atoms with Gasteiger partial charge in [0.25, 0.3) is 0 Å². The van der Waals surface area contributed by atoms with Crippen LogP contribution in [0.2, 0.25) is 5.02 Å². The lowest BCUT2D eigenvalue weighted by Gasteiger charge is -2.24. The molecular weight excluding hydrogens is 258 g/mol. The molecule has 0 spiro atoms. The van der Waals surface area contributed by atoms with E-state index in [0.717, 1.165) is 11.6 Å². The van der Waals surface area contributed by atoms with Crippen molar-refractivity contribution < 1.29 is 4.74 Å². The molecule has 2 rings (SSSR count). The van der Waals surface area contributed by atoms with E-state index in [1.807, 2.05) is 12.1 Å². The Balaban J connectivity index is 2.01. The second-order valence-corrected chi connectivity index (χ2v) is 6.08. The molecule has 1 aromatic rings. The first-order chi connectivity index (χ1) is 9.15. The summed E-state index contributed by atoms with van der Waals surface area (Å²) in [5, 5.41) is 4.25. The SMILES string of the molecule is CC(C)NCC(OC1CCCC1)c1ccc(Cl)cc1. The molecular formula is C16H24ClNO. The van der Waals surface area contributed by atoms with Gasteiger partial charge in [-0.3, -0.25) is 0 Å². The van der Waals surface area contributed by atoms with Crippen LogP contribution in [0.1, 0.15) is 51.2 Å². The van der Waals surface area contributed by atoms with Crippen LogP contribution in [-0.2, 0) is 4.74 Å². The zero-order valence-corrected chi connectivity index (χ0v) is 12.6. The molecule has 1 aromatic carbocycles. The molecule has 1 aliphatic rings. The number of hydrogen-bond donors (Lipinski definition) is 1. The molecule has 0 aliphatic heterocycles. The highest BCUT2D eigenvalue weighted by molar-refractivity contribution is 6.30. The standard InChI is InChI=1S/C16H24ClNO/c1-12(2)18-11-16(19-15-5-3-4-6-15)13-7-9-14(17)10-8-13/h7-10,12,15-16,18H,3-6,11H2,1-2H3. The third-order valence-corrected chi connectivity index (χ3v) is 3.86. The van der Waals surface area contributed by atoms with Gasteiger partial charge in [-0.2, -0.15) is 0 Å². The number of rotatable bonds is 6. The summed E-state index contributed by atoms with van der Waals surface area (Å²) < 4.78 is 6.28. The summed E-state index contributed by atoms with van der Waals surface area (Å²) in [5.74, 6) is 0. The van der Waals surface area contributed by atoms with Crippen molar-refractivity contribution in [3.63, 3.8) is 0 Å². The Kier molecular flexibility index (Phi) is 5.68. The van der Waals surface area contributed by atoms with E-state index >= 15 is 0 Å². The molecule has 3 heteroatoms. The van der Waals surface area contributed by atoms with Crippen LogP contribution in [0.4, 0.5) is 0 Å². The smallest absolute Gasteiger partial charge is 0.0953 e. The summed E-state index contributed by atoms with van der Waals surface area (Å²) in [6.45, 7) is 5.18. The van der Waals surface area contributed by atoms with Gasteiger partial charge in [-0.05, 0) is 30.5 Å². The van der Waals surface area contributed by atoms with Crippen molar-refractivity contribution in [1.82, 2.24) is 5.32 Å². The van der Waals surface area contributed by atoms with Crippen molar-refractivity contribution in [3.05, 3.63) is 34.9 Å². The number of benzene rings is 1. The number of ether oxygens (including phenoxy) is 1. The van der Waals surface area contributed by atoms with Gasteiger partial charge in [-0.1, -0.05) is 50.4 Å². The van der Waals surface area contributed by atoms with Gasteiger partial charge in [-0.25, -0.2) is 0 Å². The van der Waals surface area contributed by atoms with Gasteiger partial charge < -0.3 is 10.1 Å². The number of hydrogen-bond acceptors (Lipinski definition) is 2. The van der Waals surface area contributed by atoms with Gasteiger partial charge in [0.2, 0.25) is 0 Å². The maximum atomic E-state index is 6.28. The van der Waals surface area contributed by atoms with Gasteiger partial charge in [0.05, 0.1) is 12.2 Å². The molecule has 1 fully saturated rings. The molecule has 1 N–H and O–H groups in total. The lowest BCUT2D eigenvalue weighted by molar-refractivity contribution is -0.00957. The first-order valence-corrected chi connectivity index (χ1v) is 7.67. The molecule has 0 aromatic heterocycles. The second-order valence-electron chi connectivity index (χ2n) is 5.65. The molecule has 1 saturated carbocycles. The average molecular weight is 282 g/mol. The minimum absolute atomic E-state index is 0.128. The predicted molar refractivity (Wildman–Crippen MR) is 80.7 cm³/mol. The van der Waals surface area contributed by atoms with Crippen LogP contribution in [0, 0.1) is 0 Å². The monoisotopic (exact) mass is 281 g/mol. The molecule has 0 radical (unpaired) electrons. The van der Waals surface area contributed by atoms with E-state index in [1.165, 1.54) is 31.2 Å². The van der Waals surface area contributed by atoms with Gasteiger partial charge in [0.15, 0.2) is 0 Å². The molecule has 0 heterocycles. The van der Waals surface area contributed by atoms with Gasteiger partial charge in [0.1, 0.15) is 0 Å². The molecule has 1 aliphatic carbocycles. The Bertz CT molecular complexity index is 371. The topological polar surface area (TPSA) is 21.3 Å². The molecule has 19 heavy (non-hydrogen) atoms. The first kappa shape index (κ1) is 14.8. The zero-order valence-electron chi connectivity index (χ0n) is 11.9. The second kappa shape index (κ2) is 7.28. The van der Waals surface area contributed by atoms with Crippen LogP contribution in [-0.4, -0.2) is 18.7 Å². The molecule has 2 nitrogen and oxygen atoms in total. The Labute approximate surface area is 121 Å². The normalized spacial score (nSPS) is 18.1. The Morgan fingerprint density at radius 3 is 2.42 bits per heavy atom. The lowest BCUT2D eigenvalue weighted by Crippen LogP contribution is -2.30. The van der Waals surface area contributed by atoms with Crippen LogP contribution in [0.5, 0.6) is 0 Å². The minimum Gasteiger partial charge on any atom is -0.369 e. The summed E-state index contributed by atoms with van der Waals surface area (Å²) in [4.78, 5) is 0. The molecule has 0 saturated heterocycles. The lowest BCUT2D eigenvalue weighted by atomic mass is 10.1. The van der Waals surface area contributed by atoms with Crippen molar-refractivity contribution in [2.45, 2.75) is 57.8 Å². The maximum Gasteiger partial charge on any atom is 0.0953 e. The minimum atomic E-state index is 0.128. The zero-order chi connectivity index (χ0) is 13.7. The van der Waals surface area contributed by atoms with Crippen LogP contribution < -0.4 is 5.32 Å². The summed E-state index contributed by atoms with van der Waals surface area (Å²) in [6.07, 6.45) is 5.56. The fraction of sp³-hybridized carbons (Fsp3) is 0.625. The quantitative estimate of drug-likeness (QED) is 0.838. The fourth-order valence-electron chi connectivity index (χ4n) is 2.52. The van der Waals surface area contributed by atoms with Crippen molar-refractivity contribution in [2.24, 2.45) is 0 Å². The van der Waals surface area contributed by atoms with Crippen LogP contribution in [0.25, 0.3) is 0 Å². The van der Waals surface area contributed by atoms with Crippen LogP contribution >= 0.6 is 11.6 Å². The maximum absolute atomic E-state index is 6.28. The number of nitrogens with one attached hydrogen (secondary N) is 1. The average Bonchev–Trinajstić information content (AvgIpc) is 2.88. The van der Waals surface area contributed by atoms with Crippen molar-refractivity contribution >= 4 is 11.6 Å². The van der Waals surface area contributed by atoms with Crippen molar-refractivity contribution in [3.8, 4) is 0 Å². The Morgan fingerprint density at radius 2 is 1.84 bits per heavy atom. The predicted octanol–water partition coefficient (Wildman–Crippen LogP) is 4.34. The van der Waals surface area contributed by atoms with Crippen molar-refractivity contribution in [1.29, 1.82) is 0 Å². The highest BCUT2D eigenvalue weighted by atomic mass is 35.5. The number of halogens is 1. The largest absolute Gasteiger partial charge is 0.369 e. The molecule has 1 atom stereocenters. The molecule has 0 amide bonds.